The molecule has 0 aliphatic heterocycles. The number of rotatable bonds is 2. The molecule has 0 spiro atoms. The fourth-order valence-electron chi connectivity index (χ4n) is 0.725. The molecule has 0 fully saturated rings. The van der Waals surface area contributed by atoms with Gasteiger partial charge in [-0.2, -0.15) is 0 Å². The third-order valence-electron chi connectivity index (χ3n) is 1.59. The smallest absolute Gasteiger partial charge is 0.221 e. The molecule has 2 heteroatoms. The summed E-state index contributed by atoms with van der Waals surface area (Å²) in [6.45, 7) is 5.85. The molecule has 0 radical (unpaired) electrons. The molecule has 0 heterocycles. The normalized spacial score (nSPS) is 8.50. The first kappa shape index (κ1) is 12.7. The van der Waals surface area contributed by atoms with E-state index in [0.29, 0.717) is 0 Å². The molecule has 78 valence electrons. The molecule has 2 nitrogen and oxygen atoms in total. The van der Waals surface area contributed by atoms with Gasteiger partial charge in [0.2, 0.25) is 5.91 Å². The van der Waals surface area contributed by atoms with Crippen LogP contribution in [0.5, 0.6) is 0 Å². The van der Waals surface area contributed by atoms with Gasteiger partial charge in [-0.1, -0.05) is 44.9 Å². The molecular weight excluding hydrogens is 174 g/mol. The Bertz CT molecular complexity index is 242. The van der Waals surface area contributed by atoms with E-state index in [-0.39, 0.29) is 5.91 Å². The highest BCUT2D eigenvalue weighted by atomic mass is 16.1. The Morgan fingerprint density at radius 3 is 2.00 bits per heavy atom. The molecular formula is C12H19NO. The van der Waals surface area contributed by atoms with Crippen molar-refractivity contribution in [2.75, 3.05) is 5.32 Å². The van der Waals surface area contributed by atoms with Crippen LogP contribution in [0.2, 0.25) is 0 Å². The highest BCUT2D eigenvalue weighted by Crippen LogP contribution is 2.03. The monoisotopic (exact) mass is 193 g/mol. The van der Waals surface area contributed by atoms with Gasteiger partial charge in [0.15, 0.2) is 0 Å². The number of hydrogen-bond acceptors (Lipinski definition) is 1. The summed E-state index contributed by atoms with van der Waals surface area (Å²) in [5.74, 6) is -0.0359. The first-order valence-corrected chi connectivity index (χ1v) is 5.03. The summed E-state index contributed by atoms with van der Waals surface area (Å²) in [5.41, 5.74) is 0.843. The Kier molecular flexibility index (Phi) is 7.52. The minimum absolute atomic E-state index is 0.0359. The highest BCUT2D eigenvalue weighted by molar-refractivity contribution is 5.88. The van der Waals surface area contributed by atoms with Crippen molar-refractivity contribution in [3.63, 3.8) is 0 Å². The van der Waals surface area contributed by atoms with Crippen LogP contribution in [-0.2, 0) is 4.79 Å². The fourth-order valence-corrected chi connectivity index (χ4v) is 0.725. The van der Waals surface area contributed by atoms with Crippen molar-refractivity contribution >= 4 is 11.6 Å². The topological polar surface area (TPSA) is 29.1 Å². The SMILES string of the molecule is CC(=O)Nc1ccccc1.CCCC. The standard InChI is InChI=1S/C8H9NO.C4H10/c1-7(10)9-8-5-3-2-4-6-8;1-3-4-2/h2-6H,1H3,(H,9,10);3-4H2,1-2H3. The van der Waals surface area contributed by atoms with Crippen molar-refractivity contribution in [2.24, 2.45) is 0 Å². The lowest BCUT2D eigenvalue weighted by Crippen LogP contribution is -2.04. The average Bonchev–Trinajstić information content (AvgIpc) is 2.19. The highest BCUT2D eigenvalue weighted by Gasteiger charge is 1.90. The molecule has 1 aromatic rings. The number of benzene rings is 1. The first-order valence-electron chi connectivity index (χ1n) is 5.03. The number of carbonyl (C=O) groups excluding carboxylic acids is 1. The Morgan fingerprint density at radius 1 is 1.14 bits per heavy atom. The van der Waals surface area contributed by atoms with E-state index >= 15 is 0 Å². The zero-order chi connectivity index (χ0) is 10.8. The second kappa shape index (κ2) is 8.30. The molecule has 0 saturated heterocycles. The zero-order valence-corrected chi connectivity index (χ0v) is 9.21. The van der Waals surface area contributed by atoms with Gasteiger partial charge in [-0.25, -0.2) is 0 Å². The predicted molar refractivity (Wildman–Crippen MR) is 61.3 cm³/mol. The van der Waals surface area contributed by atoms with E-state index in [1.807, 2.05) is 30.3 Å². The van der Waals surface area contributed by atoms with Crippen LogP contribution < -0.4 is 5.32 Å². The van der Waals surface area contributed by atoms with Gasteiger partial charge in [-0.05, 0) is 12.1 Å². The summed E-state index contributed by atoms with van der Waals surface area (Å²) in [6.07, 6.45) is 2.64. The van der Waals surface area contributed by atoms with E-state index in [0.717, 1.165) is 5.69 Å². The summed E-state index contributed by atoms with van der Waals surface area (Å²) in [6, 6.07) is 9.37. The van der Waals surface area contributed by atoms with Crippen LogP contribution in [0.3, 0.4) is 0 Å². The molecule has 0 unspecified atom stereocenters. The number of hydrogen-bond donors (Lipinski definition) is 1. The van der Waals surface area contributed by atoms with Gasteiger partial charge in [0.25, 0.3) is 0 Å². The van der Waals surface area contributed by atoms with E-state index in [1.54, 1.807) is 0 Å². The Hall–Kier alpha value is -1.31. The van der Waals surface area contributed by atoms with Crippen LogP contribution in [0.1, 0.15) is 33.6 Å². The maximum Gasteiger partial charge on any atom is 0.221 e. The van der Waals surface area contributed by atoms with E-state index in [9.17, 15) is 4.79 Å². The van der Waals surface area contributed by atoms with E-state index in [2.05, 4.69) is 19.2 Å². The molecule has 1 N–H and O–H groups in total. The molecule has 14 heavy (non-hydrogen) atoms. The minimum atomic E-state index is -0.0359. The van der Waals surface area contributed by atoms with Crippen molar-refractivity contribution < 1.29 is 4.79 Å². The number of nitrogens with one attached hydrogen (secondary N) is 1. The molecule has 0 atom stereocenters. The van der Waals surface area contributed by atoms with Gasteiger partial charge in [0, 0.05) is 12.6 Å². The number of carbonyl (C=O) groups is 1. The molecule has 0 aromatic heterocycles. The van der Waals surface area contributed by atoms with Crippen molar-refractivity contribution in [1.29, 1.82) is 0 Å². The molecule has 0 aliphatic carbocycles. The summed E-state index contributed by atoms with van der Waals surface area (Å²) in [5, 5.41) is 2.67. The quantitative estimate of drug-likeness (QED) is 0.765. The van der Waals surface area contributed by atoms with Gasteiger partial charge in [0.1, 0.15) is 0 Å². The summed E-state index contributed by atoms with van der Waals surface area (Å²) < 4.78 is 0. The number of unbranched alkanes of at least 4 members (excludes halogenated alkanes) is 1. The Balaban J connectivity index is 0.000000364. The Labute approximate surface area is 86.3 Å². The van der Waals surface area contributed by atoms with E-state index in [1.165, 1.54) is 19.8 Å². The maximum atomic E-state index is 10.5. The van der Waals surface area contributed by atoms with Crippen LogP contribution in [0.15, 0.2) is 30.3 Å². The van der Waals surface area contributed by atoms with Crippen LogP contribution in [0, 0.1) is 0 Å². The van der Waals surface area contributed by atoms with Gasteiger partial charge < -0.3 is 5.32 Å². The molecule has 0 aliphatic rings. The van der Waals surface area contributed by atoms with Crippen molar-refractivity contribution in [3.05, 3.63) is 30.3 Å². The maximum absolute atomic E-state index is 10.5. The third-order valence-corrected chi connectivity index (χ3v) is 1.59. The third kappa shape index (κ3) is 7.35. The van der Waals surface area contributed by atoms with Gasteiger partial charge in [0.05, 0.1) is 0 Å². The fraction of sp³-hybridized carbons (Fsp3) is 0.417. The van der Waals surface area contributed by atoms with E-state index < -0.39 is 0 Å². The summed E-state index contributed by atoms with van der Waals surface area (Å²) in [4.78, 5) is 10.5. The van der Waals surface area contributed by atoms with E-state index in [4.69, 9.17) is 0 Å². The number of anilines is 1. The minimum Gasteiger partial charge on any atom is -0.326 e. The predicted octanol–water partition coefficient (Wildman–Crippen LogP) is 3.45. The average molecular weight is 193 g/mol. The van der Waals surface area contributed by atoms with Crippen LogP contribution >= 0.6 is 0 Å². The van der Waals surface area contributed by atoms with Crippen molar-refractivity contribution in [3.8, 4) is 0 Å². The number of amides is 1. The van der Waals surface area contributed by atoms with Crippen LogP contribution in [-0.4, -0.2) is 5.91 Å². The second-order valence-corrected chi connectivity index (χ2v) is 3.05. The molecule has 0 saturated carbocycles. The van der Waals surface area contributed by atoms with Crippen molar-refractivity contribution in [1.82, 2.24) is 0 Å². The summed E-state index contributed by atoms with van der Waals surface area (Å²) >= 11 is 0. The van der Waals surface area contributed by atoms with Crippen molar-refractivity contribution in [2.45, 2.75) is 33.6 Å². The molecule has 1 rings (SSSR count). The van der Waals surface area contributed by atoms with Gasteiger partial charge in [-0.3, -0.25) is 4.79 Å². The lowest BCUT2D eigenvalue weighted by molar-refractivity contribution is -0.114. The molecule has 1 aromatic carbocycles. The number of para-hydroxylation sites is 1. The lowest BCUT2D eigenvalue weighted by atomic mass is 10.3. The Morgan fingerprint density at radius 2 is 1.64 bits per heavy atom. The van der Waals surface area contributed by atoms with Gasteiger partial charge >= 0.3 is 0 Å². The molecule has 1 amide bonds. The second-order valence-electron chi connectivity index (χ2n) is 3.05. The largest absolute Gasteiger partial charge is 0.326 e. The zero-order valence-electron chi connectivity index (χ0n) is 9.21. The van der Waals surface area contributed by atoms with Crippen LogP contribution in [0.4, 0.5) is 5.69 Å². The lowest BCUT2D eigenvalue weighted by Gasteiger charge is -1.98. The van der Waals surface area contributed by atoms with Crippen LogP contribution in [0.25, 0.3) is 0 Å². The molecule has 0 bridgehead atoms. The summed E-state index contributed by atoms with van der Waals surface area (Å²) in [7, 11) is 0. The van der Waals surface area contributed by atoms with Gasteiger partial charge in [-0.15, -0.1) is 0 Å². The first-order chi connectivity index (χ1) is 6.70.